The van der Waals surface area contributed by atoms with Crippen molar-refractivity contribution in [2.75, 3.05) is 21.3 Å². The summed E-state index contributed by atoms with van der Waals surface area (Å²) in [6.45, 7) is 0. The highest BCUT2D eigenvalue weighted by Crippen LogP contribution is 2.39. The van der Waals surface area contributed by atoms with Crippen LogP contribution in [0.15, 0.2) is 41.5 Å². The van der Waals surface area contributed by atoms with E-state index in [1.807, 2.05) is 0 Å². The molecule has 9 heteroatoms. The maximum absolute atomic E-state index is 14.1. The number of H-pyrrole nitrogens is 1. The van der Waals surface area contributed by atoms with Crippen molar-refractivity contribution in [3.8, 4) is 28.6 Å². The number of hydrogen-bond donors (Lipinski definition) is 1. The van der Waals surface area contributed by atoms with E-state index in [0.29, 0.717) is 22.8 Å². The van der Waals surface area contributed by atoms with Crippen LogP contribution in [0.4, 0.5) is 4.39 Å². The zero-order valence-corrected chi connectivity index (χ0v) is 15.7. The molecule has 3 rings (SSSR count). The number of rotatable bonds is 6. The number of halogens is 1. The van der Waals surface area contributed by atoms with Gasteiger partial charge in [-0.1, -0.05) is 12.1 Å². The normalized spacial score (nSPS) is 11.0. The molecule has 0 radical (unpaired) electrons. The van der Waals surface area contributed by atoms with Gasteiger partial charge in [-0.05, 0) is 36.5 Å². The molecule has 0 aliphatic rings. The number of methoxy groups -OCH3 is 3. The Bertz CT molecular complexity index is 1050. The van der Waals surface area contributed by atoms with Crippen molar-refractivity contribution >= 4 is 18.4 Å². The molecule has 2 aromatic carbocycles. The van der Waals surface area contributed by atoms with Crippen LogP contribution in [0.3, 0.4) is 0 Å². The Kier molecular flexibility index (Phi) is 5.51. The Morgan fingerprint density at radius 1 is 1.07 bits per heavy atom. The molecule has 0 saturated carbocycles. The van der Waals surface area contributed by atoms with Gasteiger partial charge in [0, 0.05) is 5.56 Å². The molecule has 0 atom stereocenters. The lowest BCUT2D eigenvalue weighted by atomic mass is 10.2. The fourth-order valence-corrected chi connectivity index (χ4v) is 2.74. The molecule has 0 aliphatic carbocycles. The van der Waals surface area contributed by atoms with Crippen LogP contribution in [0, 0.1) is 10.6 Å². The lowest BCUT2D eigenvalue weighted by molar-refractivity contribution is 0.324. The SMILES string of the molecule is COc1ccc(/C=N\n2c(-c3ccccc3F)n[nH]c2=S)c(OC)c1OC. The molecule has 0 fully saturated rings. The van der Waals surface area contributed by atoms with Crippen LogP contribution in [0.1, 0.15) is 5.56 Å². The lowest BCUT2D eigenvalue weighted by Crippen LogP contribution is -2.00. The number of aromatic amines is 1. The van der Waals surface area contributed by atoms with E-state index < -0.39 is 5.82 Å². The first kappa shape index (κ1) is 18.6. The van der Waals surface area contributed by atoms with Crippen molar-refractivity contribution in [2.45, 2.75) is 0 Å². The van der Waals surface area contributed by atoms with Gasteiger partial charge in [0.2, 0.25) is 10.5 Å². The fraction of sp³-hybridized carbons (Fsp3) is 0.167. The largest absolute Gasteiger partial charge is 0.493 e. The Hall–Kier alpha value is -3.20. The second-order valence-electron chi connectivity index (χ2n) is 5.31. The molecule has 3 aromatic rings. The van der Waals surface area contributed by atoms with Gasteiger partial charge >= 0.3 is 0 Å². The van der Waals surface area contributed by atoms with Crippen LogP contribution < -0.4 is 14.2 Å². The van der Waals surface area contributed by atoms with Gasteiger partial charge in [-0.15, -0.1) is 0 Å². The van der Waals surface area contributed by atoms with Gasteiger partial charge in [0.1, 0.15) is 5.82 Å². The number of nitrogens with one attached hydrogen (secondary N) is 1. The van der Waals surface area contributed by atoms with Crippen molar-refractivity contribution in [3.05, 3.63) is 52.5 Å². The second-order valence-corrected chi connectivity index (χ2v) is 5.70. The standard InChI is InChI=1S/C18H17FN4O3S/c1-24-14-9-8-11(15(25-2)16(14)26-3)10-20-23-17(21-22-18(23)27)12-6-4-5-7-13(12)19/h4-10H,1-3H3,(H,22,27)/b20-10-. The summed E-state index contributed by atoms with van der Waals surface area (Å²) in [6.07, 6.45) is 1.52. The third kappa shape index (κ3) is 3.54. The van der Waals surface area contributed by atoms with Gasteiger partial charge in [0.15, 0.2) is 17.3 Å². The third-order valence-electron chi connectivity index (χ3n) is 3.81. The second kappa shape index (κ2) is 8.00. The van der Waals surface area contributed by atoms with Crippen LogP contribution >= 0.6 is 12.2 Å². The van der Waals surface area contributed by atoms with Gasteiger partial charge < -0.3 is 14.2 Å². The molecule has 0 amide bonds. The molecule has 140 valence electrons. The van der Waals surface area contributed by atoms with Gasteiger partial charge in [0.25, 0.3) is 0 Å². The molecule has 0 bridgehead atoms. The zero-order valence-electron chi connectivity index (χ0n) is 14.9. The van der Waals surface area contributed by atoms with Crippen LogP contribution in [-0.2, 0) is 0 Å². The summed E-state index contributed by atoms with van der Waals surface area (Å²) in [4.78, 5) is 0. The molecule has 1 N–H and O–H groups in total. The molecular formula is C18H17FN4O3S. The van der Waals surface area contributed by atoms with Gasteiger partial charge in [-0.2, -0.15) is 14.9 Å². The number of aromatic nitrogens is 3. The van der Waals surface area contributed by atoms with Crippen LogP contribution in [0.5, 0.6) is 17.2 Å². The highest BCUT2D eigenvalue weighted by atomic mass is 32.1. The van der Waals surface area contributed by atoms with Crippen molar-refractivity contribution in [1.82, 2.24) is 14.9 Å². The quantitative estimate of drug-likeness (QED) is 0.515. The maximum atomic E-state index is 14.1. The minimum Gasteiger partial charge on any atom is -0.493 e. The van der Waals surface area contributed by atoms with Gasteiger partial charge in [0.05, 0.1) is 33.1 Å². The molecular weight excluding hydrogens is 371 g/mol. The summed E-state index contributed by atoms with van der Waals surface area (Å²) in [6, 6.07) is 9.75. The number of nitrogens with zero attached hydrogens (tertiary/aromatic N) is 3. The Morgan fingerprint density at radius 3 is 2.48 bits per heavy atom. The minimum atomic E-state index is -0.424. The highest BCUT2D eigenvalue weighted by molar-refractivity contribution is 7.71. The number of benzene rings is 2. The van der Waals surface area contributed by atoms with E-state index in [2.05, 4.69) is 15.3 Å². The van der Waals surface area contributed by atoms with Crippen molar-refractivity contribution < 1.29 is 18.6 Å². The van der Waals surface area contributed by atoms with Gasteiger partial charge in [-0.25, -0.2) is 9.49 Å². The van der Waals surface area contributed by atoms with Crippen molar-refractivity contribution in [2.24, 2.45) is 5.10 Å². The predicted octanol–water partition coefficient (Wildman–Crippen LogP) is 3.65. The smallest absolute Gasteiger partial charge is 0.216 e. The van der Waals surface area contributed by atoms with Crippen LogP contribution in [-0.4, -0.2) is 42.4 Å². The average Bonchev–Trinajstić information content (AvgIpc) is 3.05. The summed E-state index contributed by atoms with van der Waals surface area (Å²) in [5.41, 5.74) is 0.902. The zero-order chi connectivity index (χ0) is 19.4. The van der Waals surface area contributed by atoms with E-state index in [1.165, 1.54) is 38.3 Å². The fourth-order valence-electron chi connectivity index (χ4n) is 2.56. The lowest BCUT2D eigenvalue weighted by Gasteiger charge is -2.13. The van der Waals surface area contributed by atoms with Crippen molar-refractivity contribution in [1.29, 1.82) is 0 Å². The number of ether oxygens (including phenoxy) is 3. The average molecular weight is 388 g/mol. The minimum absolute atomic E-state index is 0.226. The summed E-state index contributed by atoms with van der Waals surface area (Å²) in [5, 5.41) is 11.1. The summed E-state index contributed by atoms with van der Waals surface area (Å²) in [5.74, 6) is 1.25. The monoisotopic (exact) mass is 388 g/mol. The van der Waals surface area contributed by atoms with E-state index in [9.17, 15) is 4.39 Å². The molecule has 0 saturated heterocycles. The van der Waals surface area contributed by atoms with E-state index in [1.54, 1.807) is 30.3 Å². The molecule has 27 heavy (non-hydrogen) atoms. The highest BCUT2D eigenvalue weighted by Gasteiger charge is 2.16. The van der Waals surface area contributed by atoms with E-state index in [4.69, 9.17) is 26.4 Å². The first-order chi connectivity index (χ1) is 13.1. The Morgan fingerprint density at radius 2 is 1.81 bits per heavy atom. The summed E-state index contributed by atoms with van der Waals surface area (Å²) >= 11 is 5.21. The molecule has 0 aliphatic heterocycles. The van der Waals surface area contributed by atoms with E-state index in [0.717, 1.165) is 0 Å². The Balaban J connectivity index is 2.07. The van der Waals surface area contributed by atoms with E-state index in [-0.39, 0.29) is 16.2 Å². The Labute approximate surface area is 160 Å². The van der Waals surface area contributed by atoms with Crippen molar-refractivity contribution in [3.63, 3.8) is 0 Å². The molecule has 7 nitrogen and oxygen atoms in total. The van der Waals surface area contributed by atoms with Crippen LogP contribution in [0.2, 0.25) is 0 Å². The van der Waals surface area contributed by atoms with Gasteiger partial charge in [-0.3, -0.25) is 0 Å². The topological polar surface area (TPSA) is 73.7 Å². The molecule has 1 aromatic heterocycles. The number of hydrogen-bond acceptors (Lipinski definition) is 6. The third-order valence-corrected chi connectivity index (χ3v) is 4.08. The molecule has 1 heterocycles. The predicted molar refractivity (Wildman–Crippen MR) is 102 cm³/mol. The molecule has 0 spiro atoms. The summed E-state index contributed by atoms with van der Waals surface area (Å²) in [7, 11) is 4.57. The maximum Gasteiger partial charge on any atom is 0.216 e. The first-order valence-corrected chi connectivity index (χ1v) is 8.27. The van der Waals surface area contributed by atoms with E-state index >= 15 is 0 Å². The first-order valence-electron chi connectivity index (χ1n) is 7.86. The van der Waals surface area contributed by atoms with Crippen LogP contribution in [0.25, 0.3) is 11.4 Å². The molecule has 0 unspecified atom stereocenters. The summed E-state index contributed by atoms with van der Waals surface area (Å²) < 4.78 is 31.7.